The molecule has 0 aliphatic heterocycles. The van der Waals surface area contributed by atoms with Crippen LogP contribution in [-0.4, -0.2) is 32.6 Å². The molecule has 0 amide bonds. The summed E-state index contributed by atoms with van der Waals surface area (Å²) in [6, 6.07) is 0. The summed E-state index contributed by atoms with van der Waals surface area (Å²) in [5.74, 6) is 0.358. The van der Waals surface area contributed by atoms with E-state index in [1.165, 1.54) is 0 Å². The lowest BCUT2D eigenvalue weighted by Crippen LogP contribution is -2.08. The van der Waals surface area contributed by atoms with Crippen LogP contribution in [0.4, 0.5) is 11.6 Å². The van der Waals surface area contributed by atoms with Crippen molar-refractivity contribution in [1.29, 1.82) is 0 Å². The Bertz CT molecular complexity index is 339. The number of nitro groups is 1. The first-order chi connectivity index (χ1) is 7.59. The van der Waals surface area contributed by atoms with Crippen molar-refractivity contribution in [3.63, 3.8) is 0 Å². The zero-order valence-electron chi connectivity index (χ0n) is 8.96. The summed E-state index contributed by atoms with van der Waals surface area (Å²) >= 11 is 0. The van der Waals surface area contributed by atoms with Gasteiger partial charge < -0.3 is 10.4 Å². The molecule has 16 heavy (non-hydrogen) atoms. The van der Waals surface area contributed by atoms with Crippen LogP contribution in [0, 0.1) is 10.1 Å². The number of anilines is 1. The molecule has 0 aromatic carbocycles. The van der Waals surface area contributed by atoms with Crippen molar-refractivity contribution in [3.05, 3.63) is 22.5 Å². The smallest absolute Gasteiger partial charge is 0.305 e. The quantitative estimate of drug-likeness (QED) is 0.425. The van der Waals surface area contributed by atoms with Gasteiger partial charge in [0, 0.05) is 6.54 Å². The van der Waals surface area contributed by atoms with Gasteiger partial charge >= 0.3 is 5.69 Å². The summed E-state index contributed by atoms with van der Waals surface area (Å²) in [6.45, 7) is 2.35. The number of rotatable bonds is 6. The highest BCUT2D eigenvalue weighted by Crippen LogP contribution is 2.08. The van der Waals surface area contributed by atoms with E-state index in [4.69, 9.17) is 5.11 Å². The van der Waals surface area contributed by atoms with Crippen molar-refractivity contribution in [2.75, 3.05) is 11.9 Å². The maximum absolute atomic E-state index is 10.3. The maximum atomic E-state index is 10.3. The number of aromatic nitrogens is 2. The van der Waals surface area contributed by atoms with Gasteiger partial charge in [0.1, 0.15) is 12.4 Å². The van der Waals surface area contributed by atoms with E-state index in [1.54, 1.807) is 6.92 Å². The van der Waals surface area contributed by atoms with E-state index in [-0.39, 0.29) is 11.8 Å². The Morgan fingerprint density at radius 2 is 2.19 bits per heavy atom. The predicted molar refractivity (Wildman–Crippen MR) is 58.1 cm³/mol. The topological polar surface area (TPSA) is 101 Å². The molecular weight excluding hydrogens is 212 g/mol. The second-order valence-corrected chi connectivity index (χ2v) is 3.44. The monoisotopic (exact) mass is 226 g/mol. The molecule has 1 rings (SSSR count). The van der Waals surface area contributed by atoms with Crippen LogP contribution in [-0.2, 0) is 0 Å². The standard InChI is InChI=1S/C9H14N4O3/c1-7(14)3-2-4-10-9-11-5-8(6-12-9)13(15)16/h5-7,14H,2-4H2,1H3,(H,10,11,12). The molecule has 0 aliphatic carbocycles. The molecule has 1 atom stereocenters. The molecule has 7 heteroatoms. The van der Waals surface area contributed by atoms with Gasteiger partial charge in [-0.05, 0) is 19.8 Å². The summed E-state index contributed by atoms with van der Waals surface area (Å²) in [5, 5.41) is 22.2. The molecule has 1 unspecified atom stereocenters. The van der Waals surface area contributed by atoms with Gasteiger partial charge in [0.2, 0.25) is 5.95 Å². The van der Waals surface area contributed by atoms with Crippen LogP contribution in [0.5, 0.6) is 0 Å². The van der Waals surface area contributed by atoms with Crippen molar-refractivity contribution in [3.8, 4) is 0 Å². The SMILES string of the molecule is CC(O)CCCNc1ncc([N+](=O)[O-])cn1. The Labute approximate surface area is 92.7 Å². The van der Waals surface area contributed by atoms with Crippen molar-refractivity contribution < 1.29 is 10.0 Å². The molecule has 0 saturated heterocycles. The predicted octanol–water partition coefficient (Wildman–Crippen LogP) is 0.958. The fourth-order valence-electron chi connectivity index (χ4n) is 1.10. The lowest BCUT2D eigenvalue weighted by Gasteiger charge is -2.05. The highest BCUT2D eigenvalue weighted by atomic mass is 16.6. The van der Waals surface area contributed by atoms with E-state index in [0.717, 1.165) is 18.8 Å². The van der Waals surface area contributed by atoms with Gasteiger partial charge in [-0.3, -0.25) is 10.1 Å². The number of aliphatic hydroxyl groups is 1. The third-order valence-electron chi connectivity index (χ3n) is 1.93. The van der Waals surface area contributed by atoms with Gasteiger partial charge in [0.15, 0.2) is 0 Å². The number of hydrogen-bond donors (Lipinski definition) is 2. The second kappa shape index (κ2) is 5.96. The first kappa shape index (κ1) is 12.3. The first-order valence-electron chi connectivity index (χ1n) is 4.98. The largest absolute Gasteiger partial charge is 0.393 e. The van der Waals surface area contributed by atoms with Crippen LogP contribution in [0.2, 0.25) is 0 Å². The number of nitrogens with one attached hydrogen (secondary N) is 1. The normalized spacial score (nSPS) is 12.1. The second-order valence-electron chi connectivity index (χ2n) is 3.44. The number of hydrogen-bond acceptors (Lipinski definition) is 6. The number of aliphatic hydroxyl groups excluding tert-OH is 1. The Balaban J connectivity index is 2.35. The lowest BCUT2D eigenvalue weighted by atomic mass is 10.2. The molecule has 1 heterocycles. The van der Waals surface area contributed by atoms with Crippen LogP contribution < -0.4 is 5.32 Å². The van der Waals surface area contributed by atoms with Crippen LogP contribution in [0.1, 0.15) is 19.8 Å². The summed E-state index contributed by atoms with van der Waals surface area (Å²) in [7, 11) is 0. The zero-order valence-corrected chi connectivity index (χ0v) is 8.96. The van der Waals surface area contributed by atoms with Crippen molar-refractivity contribution >= 4 is 11.6 Å². The summed E-state index contributed by atoms with van der Waals surface area (Å²) in [4.78, 5) is 17.4. The minimum atomic E-state index is -0.544. The van der Waals surface area contributed by atoms with Crippen LogP contribution >= 0.6 is 0 Å². The van der Waals surface area contributed by atoms with Gasteiger partial charge in [-0.1, -0.05) is 0 Å². The Morgan fingerprint density at radius 1 is 1.56 bits per heavy atom. The number of nitrogens with zero attached hydrogens (tertiary/aromatic N) is 3. The van der Waals surface area contributed by atoms with Gasteiger partial charge in [0.25, 0.3) is 0 Å². The fourth-order valence-corrected chi connectivity index (χ4v) is 1.10. The molecule has 0 aliphatic rings. The van der Waals surface area contributed by atoms with Gasteiger partial charge in [-0.15, -0.1) is 0 Å². The van der Waals surface area contributed by atoms with Gasteiger partial charge in [-0.2, -0.15) is 0 Å². The molecule has 1 aromatic rings. The van der Waals surface area contributed by atoms with Gasteiger partial charge in [-0.25, -0.2) is 9.97 Å². The third kappa shape index (κ3) is 4.18. The van der Waals surface area contributed by atoms with Crippen LogP contribution in [0.3, 0.4) is 0 Å². The molecule has 7 nitrogen and oxygen atoms in total. The average Bonchev–Trinajstić information content (AvgIpc) is 2.25. The average molecular weight is 226 g/mol. The summed E-state index contributed by atoms with van der Waals surface area (Å²) in [5.41, 5.74) is -0.130. The van der Waals surface area contributed by atoms with E-state index < -0.39 is 4.92 Å². The lowest BCUT2D eigenvalue weighted by molar-refractivity contribution is -0.385. The van der Waals surface area contributed by atoms with E-state index in [2.05, 4.69) is 15.3 Å². The first-order valence-corrected chi connectivity index (χ1v) is 4.98. The highest BCUT2D eigenvalue weighted by molar-refractivity contribution is 5.30. The van der Waals surface area contributed by atoms with Crippen molar-refractivity contribution in [1.82, 2.24) is 9.97 Å². The van der Waals surface area contributed by atoms with Crippen molar-refractivity contribution in [2.45, 2.75) is 25.9 Å². The van der Waals surface area contributed by atoms with Gasteiger partial charge in [0.05, 0.1) is 11.0 Å². The molecule has 1 aromatic heterocycles. The van der Waals surface area contributed by atoms with E-state index in [0.29, 0.717) is 18.9 Å². The Hall–Kier alpha value is -1.76. The van der Waals surface area contributed by atoms with Crippen LogP contribution in [0.25, 0.3) is 0 Å². The molecule has 0 spiro atoms. The van der Waals surface area contributed by atoms with E-state index in [9.17, 15) is 10.1 Å². The molecule has 88 valence electrons. The Kier molecular flexibility index (Phi) is 4.59. The molecular formula is C9H14N4O3. The minimum absolute atomic E-state index is 0.130. The van der Waals surface area contributed by atoms with Crippen LogP contribution in [0.15, 0.2) is 12.4 Å². The summed E-state index contributed by atoms with van der Waals surface area (Å²) < 4.78 is 0. The molecule has 0 saturated carbocycles. The van der Waals surface area contributed by atoms with E-state index in [1.807, 2.05) is 0 Å². The Morgan fingerprint density at radius 3 is 2.69 bits per heavy atom. The molecule has 0 fully saturated rings. The minimum Gasteiger partial charge on any atom is -0.393 e. The highest BCUT2D eigenvalue weighted by Gasteiger charge is 2.05. The zero-order chi connectivity index (χ0) is 12.0. The van der Waals surface area contributed by atoms with E-state index >= 15 is 0 Å². The summed E-state index contributed by atoms with van der Waals surface area (Å²) in [6.07, 6.45) is 3.48. The molecule has 0 bridgehead atoms. The fraction of sp³-hybridized carbons (Fsp3) is 0.556. The molecule has 2 N–H and O–H groups in total. The maximum Gasteiger partial charge on any atom is 0.305 e. The molecule has 0 radical (unpaired) electrons. The third-order valence-corrected chi connectivity index (χ3v) is 1.93. The van der Waals surface area contributed by atoms with Crippen molar-refractivity contribution in [2.24, 2.45) is 0 Å².